The number of carbonyl (C=O) groups is 1. The van der Waals surface area contributed by atoms with Crippen molar-refractivity contribution in [3.63, 3.8) is 0 Å². The highest BCUT2D eigenvalue weighted by molar-refractivity contribution is 6.33. The second-order valence-electron chi connectivity index (χ2n) is 2.88. The topological polar surface area (TPSA) is 59.4 Å². The number of methoxy groups -OCH3 is 1. The zero-order chi connectivity index (χ0) is 12.3. The minimum absolute atomic E-state index is 0.135. The molecular formula is C9H8ClF2NO3. The first kappa shape index (κ1) is 12.6. The van der Waals surface area contributed by atoms with Gasteiger partial charge in [-0.1, -0.05) is 11.6 Å². The summed E-state index contributed by atoms with van der Waals surface area (Å²) in [6, 6.07) is 0. The van der Waals surface area contributed by atoms with Gasteiger partial charge in [-0.3, -0.25) is 9.78 Å². The summed E-state index contributed by atoms with van der Waals surface area (Å²) in [6.45, 7) is 0. The zero-order valence-electron chi connectivity index (χ0n) is 8.21. The molecule has 0 aliphatic heterocycles. The molecule has 1 heterocycles. The van der Waals surface area contributed by atoms with Crippen molar-refractivity contribution in [3.05, 3.63) is 22.5 Å². The summed E-state index contributed by atoms with van der Waals surface area (Å²) in [5.41, 5.74) is -0.672. The second kappa shape index (κ2) is 5.07. The van der Waals surface area contributed by atoms with E-state index in [-0.39, 0.29) is 17.0 Å². The Hall–Kier alpha value is -1.43. The van der Waals surface area contributed by atoms with Crippen LogP contribution in [0.1, 0.15) is 17.7 Å². The number of hydrogen-bond donors (Lipinski definition) is 1. The SMILES string of the molecule is COC(=O)Cc1cnc(C(F)F)c(O)c1Cl. The monoisotopic (exact) mass is 251 g/mol. The van der Waals surface area contributed by atoms with Crippen LogP contribution >= 0.6 is 11.6 Å². The van der Waals surface area contributed by atoms with Gasteiger partial charge in [-0.15, -0.1) is 0 Å². The van der Waals surface area contributed by atoms with Crippen molar-refractivity contribution < 1.29 is 23.4 Å². The van der Waals surface area contributed by atoms with E-state index in [1.807, 2.05) is 0 Å². The largest absolute Gasteiger partial charge is 0.504 e. The predicted molar refractivity (Wildman–Crippen MR) is 51.6 cm³/mol. The number of rotatable bonds is 3. The molecule has 1 aromatic rings. The van der Waals surface area contributed by atoms with Crippen LogP contribution in [0.25, 0.3) is 0 Å². The quantitative estimate of drug-likeness (QED) is 0.836. The Kier molecular flexibility index (Phi) is 4.00. The van der Waals surface area contributed by atoms with Crippen LogP contribution in [-0.2, 0) is 16.0 Å². The van der Waals surface area contributed by atoms with Gasteiger partial charge in [0.1, 0.15) is 5.69 Å². The Bertz CT molecular complexity index is 412. The van der Waals surface area contributed by atoms with Crippen LogP contribution in [-0.4, -0.2) is 23.2 Å². The fourth-order valence-electron chi connectivity index (χ4n) is 1.04. The summed E-state index contributed by atoms with van der Waals surface area (Å²) in [5, 5.41) is 9.00. The molecule has 4 nitrogen and oxygen atoms in total. The number of halogens is 3. The molecule has 0 amide bonds. The maximum Gasteiger partial charge on any atom is 0.310 e. The minimum Gasteiger partial charge on any atom is -0.504 e. The van der Waals surface area contributed by atoms with Gasteiger partial charge in [0.15, 0.2) is 5.75 Å². The predicted octanol–water partition coefficient (Wildman–Crippen LogP) is 2.09. The molecule has 88 valence electrons. The molecule has 0 unspecified atom stereocenters. The molecule has 0 saturated carbocycles. The molecule has 1 rings (SSSR count). The van der Waals surface area contributed by atoms with Gasteiger partial charge >= 0.3 is 5.97 Å². The van der Waals surface area contributed by atoms with Gasteiger partial charge in [0.05, 0.1) is 18.6 Å². The average molecular weight is 252 g/mol. The van der Waals surface area contributed by atoms with Crippen molar-refractivity contribution >= 4 is 17.6 Å². The van der Waals surface area contributed by atoms with E-state index in [1.165, 1.54) is 7.11 Å². The minimum atomic E-state index is -2.93. The molecule has 0 aromatic carbocycles. The highest BCUT2D eigenvalue weighted by Gasteiger charge is 2.20. The van der Waals surface area contributed by atoms with Gasteiger partial charge in [0, 0.05) is 11.8 Å². The van der Waals surface area contributed by atoms with E-state index in [9.17, 15) is 18.7 Å². The van der Waals surface area contributed by atoms with Crippen LogP contribution in [0.15, 0.2) is 6.20 Å². The molecule has 1 N–H and O–H groups in total. The molecular weight excluding hydrogens is 244 g/mol. The van der Waals surface area contributed by atoms with E-state index in [1.54, 1.807) is 0 Å². The number of nitrogens with zero attached hydrogens (tertiary/aromatic N) is 1. The van der Waals surface area contributed by atoms with E-state index in [0.29, 0.717) is 0 Å². The summed E-state index contributed by atoms with van der Waals surface area (Å²) < 4.78 is 29.0. The van der Waals surface area contributed by atoms with Crippen molar-refractivity contribution in [1.82, 2.24) is 4.98 Å². The van der Waals surface area contributed by atoms with Crippen LogP contribution in [0.4, 0.5) is 8.78 Å². The number of esters is 1. The van der Waals surface area contributed by atoms with Crippen LogP contribution in [0.2, 0.25) is 5.02 Å². The molecule has 7 heteroatoms. The highest BCUT2D eigenvalue weighted by atomic mass is 35.5. The van der Waals surface area contributed by atoms with Gasteiger partial charge in [-0.2, -0.15) is 0 Å². The molecule has 0 fully saturated rings. The van der Waals surface area contributed by atoms with E-state index in [0.717, 1.165) is 6.20 Å². The standard InChI is InChI=1S/C9H8ClF2NO3/c1-16-5(14)2-4-3-13-7(9(11)12)8(15)6(4)10/h3,9,15H,2H2,1H3. The molecule has 1 aromatic heterocycles. The first-order valence-electron chi connectivity index (χ1n) is 4.18. The first-order valence-corrected chi connectivity index (χ1v) is 4.56. The summed E-state index contributed by atoms with van der Waals surface area (Å²) in [6.07, 6.45) is -2.15. The summed E-state index contributed by atoms with van der Waals surface area (Å²) in [5.74, 6) is -1.41. The van der Waals surface area contributed by atoms with E-state index < -0.39 is 23.8 Å². The van der Waals surface area contributed by atoms with E-state index in [4.69, 9.17) is 11.6 Å². The molecule has 0 spiro atoms. The summed E-state index contributed by atoms with van der Waals surface area (Å²) in [7, 11) is 1.18. The lowest BCUT2D eigenvalue weighted by Gasteiger charge is -2.08. The number of alkyl halides is 2. The number of aromatic hydroxyl groups is 1. The van der Waals surface area contributed by atoms with Crippen LogP contribution in [0, 0.1) is 0 Å². The van der Waals surface area contributed by atoms with Gasteiger partial charge in [-0.05, 0) is 0 Å². The lowest BCUT2D eigenvalue weighted by Crippen LogP contribution is -2.06. The van der Waals surface area contributed by atoms with Crippen molar-refractivity contribution in [2.75, 3.05) is 7.11 Å². The van der Waals surface area contributed by atoms with Gasteiger partial charge < -0.3 is 9.84 Å². The van der Waals surface area contributed by atoms with E-state index >= 15 is 0 Å². The van der Waals surface area contributed by atoms with E-state index in [2.05, 4.69) is 9.72 Å². The maximum atomic E-state index is 12.3. The smallest absolute Gasteiger partial charge is 0.310 e. The Morgan fingerprint density at radius 3 is 2.81 bits per heavy atom. The lowest BCUT2D eigenvalue weighted by molar-refractivity contribution is -0.139. The second-order valence-corrected chi connectivity index (χ2v) is 3.26. The molecule has 0 bridgehead atoms. The zero-order valence-corrected chi connectivity index (χ0v) is 8.96. The molecule has 0 atom stereocenters. The number of carbonyl (C=O) groups excluding carboxylic acids is 1. The summed E-state index contributed by atoms with van der Waals surface area (Å²) in [4.78, 5) is 14.3. The number of hydrogen-bond acceptors (Lipinski definition) is 4. The third kappa shape index (κ3) is 2.57. The third-order valence-electron chi connectivity index (χ3n) is 1.86. The fourth-order valence-corrected chi connectivity index (χ4v) is 1.25. The van der Waals surface area contributed by atoms with Crippen LogP contribution in [0.5, 0.6) is 5.75 Å². The Morgan fingerprint density at radius 2 is 2.31 bits per heavy atom. The summed E-state index contributed by atoms with van der Waals surface area (Å²) >= 11 is 5.61. The third-order valence-corrected chi connectivity index (χ3v) is 2.28. The van der Waals surface area contributed by atoms with Crippen molar-refractivity contribution in [2.24, 2.45) is 0 Å². The van der Waals surface area contributed by atoms with Crippen molar-refractivity contribution in [2.45, 2.75) is 12.8 Å². The van der Waals surface area contributed by atoms with Gasteiger partial charge in [0.25, 0.3) is 6.43 Å². The van der Waals surface area contributed by atoms with Gasteiger partial charge in [0.2, 0.25) is 0 Å². The lowest BCUT2D eigenvalue weighted by atomic mass is 10.2. The van der Waals surface area contributed by atoms with Gasteiger partial charge in [-0.25, -0.2) is 8.78 Å². The molecule has 0 saturated heterocycles. The molecule has 0 aliphatic carbocycles. The fraction of sp³-hybridized carbons (Fsp3) is 0.333. The Balaban J connectivity index is 3.07. The van der Waals surface area contributed by atoms with Crippen LogP contribution in [0.3, 0.4) is 0 Å². The number of pyridine rings is 1. The van der Waals surface area contributed by atoms with Crippen LogP contribution < -0.4 is 0 Å². The van der Waals surface area contributed by atoms with Crippen molar-refractivity contribution in [1.29, 1.82) is 0 Å². The Labute approximate surface area is 94.8 Å². The molecule has 0 aliphatic rings. The molecule has 16 heavy (non-hydrogen) atoms. The number of ether oxygens (including phenoxy) is 1. The normalized spacial score (nSPS) is 10.6. The molecule has 0 radical (unpaired) electrons. The first-order chi connectivity index (χ1) is 7.47. The Morgan fingerprint density at radius 1 is 1.69 bits per heavy atom. The van der Waals surface area contributed by atoms with Crippen molar-refractivity contribution in [3.8, 4) is 5.75 Å². The highest BCUT2D eigenvalue weighted by Crippen LogP contribution is 2.34. The maximum absolute atomic E-state index is 12.3. The average Bonchev–Trinajstić information content (AvgIpc) is 2.24. The number of aromatic nitrogens is 1.